The topological polar surface area (TPSA) is 77.2 Å². The first-order valence-electron chi connectivity index (χ1n) is 5.15. The van der Waals surface area contributed by atoms with Crippen LogP contribution < -0.4 is 11.1 Å². The normalized spacial score (nSPS) is 10.4. The van der Waals surface area contributed by atoms with Crippen LogP contribution in [0, 0.1) is 6.92 Å². The lowest BCUT2D eigenvalue weighted by molar-refractivity contribution is 0.0954. The summed E-state index contributed by atoms with van der Waals surface area (Å²) < 4.78 is 4.92. The van der Waals surface area contributed by atoms with Crippen molar-refractivity contribution in [3.63, 3.8) is 0 Å². The minimum absolute atomic E-state index is 0.0934. The predicted molar refractivity (Wildman–Crippen MR) is 64.7 cm³/mol. The van der Waals surface area contributed by atoms with Gasteiger partial charge >= 0.3 is 0 Å². The van der Waals surface area contributed by atoms with Crippen LogP contribution in [-0.2, 0) is 4.74 Å². The Hall–Kier alpha value is -1.14. The lowest BCUT2D eigenvalue weighted by Crippen LogP contribution is -2.24. The number of hydrogen-bond donors (Lipinski definition) is 2. The zero-order valence-electron chi connectivity index (χ0n) is 9.58. The summed E-state index contributed by atoms with van der Waals surface area (Å²) in [6.45, 7) is 3.16. The van der Waals surface area contributed by atoms with Crippen molar-refractivity contribution in [3.8, 4) is 0 Å². The van der Waals surface area contributed by atoms with E-state index in [0.717, 1.165) is 19.4 Å². The Morgan fingerprint density at radius 3 is 2.88 bits per heavy atom. The molecule has 0 saturated heterocycles. The van der Waals surface area contributed by atoms with E-state index in [0.29, 0.717) is 22.2 Å². The number of carbonyl (C=O) groups excluding carboxylic acids is 1. The molecule has 1 aromatic heterocycles. The maximum Gasteiger partial charge on any atom is 0.263 e. The van der Waals surface area contributed by atoms with Gasteiger partial charge in [0.2, 0.25) is 0 Å². The van der Waals surface area contributed by atoms with Crippen molar-refractivity contribution in [2.75, 3.05) is 26.0 Å². The fourth-order valence-corrected chi connectivity index (χ4v) is 2.03. The van der Waals surface area contributed by atoms with Gasteiger partial charge in [0.05, 0.1) is 5.69 Å². The molecule has 0 unspecified atom stereocenters. The van der Waals surface area contributed by atoms with E-state index >= 15 is 0 Å². The van der Waals surface area contributed by atoms with Crippen molar-refractivity contribution < 1.29 is 9.53 Å². The molecule has 90 valence electrons. The van der Waals surface area contributed by atoms with Gasteiger partial charge in [-0.05, 0) is 19.8 Å². The predicted octanol–water partition coefficient (Wildman–Crippen LogP) is 1.19. The molecule has 6 heteroatoms. The third-order valence-electron chi connectivity index (χ3n) is 2.08. The van der Waals surface area contributed by atoms with E-state index in [9.17, 15) is 4.79 Å². The van der Waals surface area contributed by atoms with E-state index in [1.54, 1.807) is 14.0 Å². The Labute approximate surface area is 99.0 Å². The lowest BCUT2D eigenvalue weighted by Gasteiger charge is -2.03. The first kappa shape index (κ1) is 12.9. The van der Waals surface area contributed by atoms with Crippen LogP contribution in [0.15, 0.2) is 0 Å². The zero-order valence-corrected chi connectivity index (χ0v) is 10.4. The summed E-state index contributed by atoms with van der Waals surface area (Å²) >= 11 is 1.22. The Morgan fingerprint density at radius 1 is 1.56 bits per heavy atom. The summed E-state index contributed by atoms with van der Waals surface area (Å²) in [6, 6.07) is 0. The zero-order chi connectivity index (χ0) is 12.0. The van der Waals surface area contributed by atoms with E-state index < -0.39 is 0 Å². The van der Waals surface area contributed by atoms with Crippen LogP contribution in [0.5, 0.6) is 0 Å². The molecule has 16 heavy (non-hydrogen) atoms. The molecule has 3 N–H and O–H groups in total. The van der Waals surface area contributed by atoms with Gasteiger partial charge in [0.25, 0.3) is 5.91 Å². The van der Waals surface area contributed by atoms with Gasteiger partial charge in [-0.25, -0.2) is 4.98 Å². The molecular formula is C10H17N3O2S. The van der Waals surface area contributed by atoms with E-state index in [-0.39, 0.29) is 5.91 Å². The molecule has 1 aromatic rings. The molecule has 0 fully saturated rings. The molecular weight excluding hydrogens is 226 g/mol. The molecule has 0 aliphatic carbocycles. The summed E-state index contributed by atoms with van der Waals surface area (Å²) in [5.41, 5.74) is 6.21. The molecule has 1 heterocycles. The number of carbonyl (C=O) groups is 1. The highest BCUT2D eigenvalue weighted by Gasteiger charge is 2.12. The number of hydrogen-bond acceptors (Lipinski definition) is 5. The van der Waals surface area contributed by atoms with Gasteiger partial charge in [-0.15, -0.1) is 0 Å². The highest BCUT2D eigenvalue weighted by atomic mass is 32.1. The van der Waals surface area contributed by atoms with Crippen molar-refractivity contribution in [1.82, 2.24) is 10.3 Å². The Morgan fingerprint density at radius 2 is 2.31 bits per heavy atom. The Bertz CT molecular complexity index is 352. The van der Waals surface area contributed by atoms with Crippen molar-refractivity contribution in [2.45, 2.75) is 19.8 Å². The van der Waals surface area contributed by atoms with E-state index in [2.05, 4.69) is 10.3 Å². The SMILES string of the molecule is COCCCCNC(=O)c1sc(N)nc1C. The molecule has 0 aliphatic heterocycles. The molecule has 0 spiro atoms. The van der Waals surface area contributed by atoms with Crippen LogP contribution in [0.2, 0.25) is 0 Å². The second kappa shape index (κ2) is 6.44. The number of rotatable bonds is 6. The Kier molecular flexibility index (Phi) is 5.21. The fraction of sp³-hybridized carbons (Fsp3) is 0.600. The number of nitrogens with two attached hydrogens (primary N) is 1. The summed E-state index contributed by atoms with van der Waals surface area (Å²) in [6.07, 6.45) is 1.85. The second-order valence-electron chi connectivity index (χ2n) is 3.42. The number of thiazole rings is 1. The first-order valence-corrected chi connectivity index (χ1v) is 5.97. The maximum atomic E-state index is 11.7. The Balaban J connectivity index is 2.33. The standard InChI is InChI=1S/C10H17N3O2S/c1-7-8(16-10(11)13-7)9(14)12-5-3-4-6-15-2/h3-6H2,1-2H3,(H2,11,13)(H,12,14). The molecule has 0 saturated carbocycles. The van der Waals surface area contributed by atoms with Crippen molar-refractivity contribution in [3.05, 3.63) is 10.6 Å². The molecule has 1 rings (SSSR count). The summed E-state index contributed by atoms with van der Waals surface area (Å²) in [5.74, 6) is -0.0934. The first-order chi connectivity index (χ1) is 7.65. The number of aryl methyl sites for hydroxylation is 1. The largest absolute Gasteiger partial charge is 0.385 e. The van der Waals surface area contributed by atoms with Gasteiger partial charge in [-0.1, -0.05) is 11.3 Å². The molecule has 0 aromatic carbocycles. The van der Waals surface area contributed by atoms with Crippen molar-refractivity contribution in [2.24, 2.45) is 0 Å². The van der Waals surface area contributed by atoms with Crippen LogP contribution in [0.1, 0.15) is 28.2 Å². The van der Waals surface area contributed by atoms with Gasteiger partial charge in [0, 0.05) is 20.3 Å². The van der Waals surface area contributed by atoms with E-state index in [1.807, 2.05) is 0 Å². The highest BCUT2D eigenvalue weighted by Crippen LogP contribution is 2.19. The second-order valence-corrected chi connectivity index (χ2v) is 4.45. The third-order valence-corrected chi connectivity index (χ3v) is 3.07. The average molecular weight is 243 g/mol. The summed E-state index contributed by atoms with van der Waals surface area (Å²) in [7, 11) is 1.67. The van der Waals surface area contributed by atoms with Crippen LogP contribution in [0.4, 0.5) is 5.13 Å². The van der Waals surface area contributed by atoms with Crippen LogP contribution in [-0.4, -0.2) is 31.2 Å². The number of unbranched alkanes of at least 4 members (excludes halogenated alkanes) is 1. The van der Waals surface area contributed by atoms with Gasteiger partial charge in [0.1, 0.15) is 4.88 Å². The monoisotopic (exact) mass is 243 g/mol. The number of methoxy groups -OCH3 is 1. The number of anilines is 1. The minimum Gasteiger partial charge on any atom is -0.385 e. The van der Waals surface area contributed by atoms with Crippen LogP contribution in [0.25, 0.3) is 0 Å². The molecule has 0 aliphatic rings. The number of nitrogens with one attached hydrogen (secondary N) is 1. The summed E-state index contributed by atoms with van der Waals surface area (Å²) in [4.78, 5) is 16.3. The average Bonchev–Trinajstić information content (AvgIpc) is 2.57. The smallest absolute Gasteiger partial charge is 0.263 e. The number of ether oxygens (including phenoxy) is 1. The number of nitrogens with zero attached hydrogens (tertiary/aromatic N) is 1. The maximum absolute atomic E-state index is 11.7. The lowest BCUT2D eigenvalue weighted by atomic mass is 10.3. The van der Waals surface area contributed by atoms with Crippen LogP contribution >= 0.6 is 11.3 Å². The number of nitrogen functional groups attached to an aromatic ring is 1. The third kappa shape index (κ3) is 3.79. The van der Waals surface area contributed by atoms with E-state index in [4.69, 9.17) is 10.5 Å². The van der Waals surface area contributed by atoms with Gasteiger partial charge < -0.3 is 15.8 Å². The minimum atomic E-state index is -0.0934. The van der Waals surface area contributed by atoms with Gasteiger partial charge in [0.15, 0.2) is 5.13 Å². The summed E-state index contributed by atoms with van der Waals surface area (Å²) in [5, 5.41) is 3.26. The van der Waals surface area contributed by atoms with Gasteiger partial charge in [-0.3, -0.25) is 4.79 Å². The van der Waals surface area contributed by atoms with Gasteiger partial charge in [-0.2, -0.15) is 0 Å². The quantitative estimate of drug-likeness (QED) is 0.736. The molecule has 0 radical (unpaired) electrons. The number of aromatic nitrogens is 1. The van der Waals surface area contributed by atoms with Crippen LogP contribution in [0.3, 0.4) is 0 Å². The molecule has 0 bridgehead atoms. The highest BCUT2D eigenvalue weighted by molar-refractivity contribution is 7.17. The molecule has 5 nitrogen and oxygen atoms in total. The van der Waals surface area contributed by atoms with Crippen molar-refractivity contribution in [1.29, 1.82) is 0 Å². The fourth-order valence-electron chi connectivity index (χ4n) is 1.28. The van der Waals surface area contributed by atoms with Crippen molar-refractivity contribution >= 4 is 22.4 Å². The van der Waals surface area contributed by atoms with E-state index in [1.165, 1.54) is 11.3 Å². The molecule has 0 atom stereocenters. The molecule has 1 amide bonds. The number of amides is 1.